The summed E-state index contributed by atoms with van der Waals surface area (Å²) in [5.41, 5.74) is 0.981. The summed E-state index contributed by atoms with van der Waals surface area (Å²) in [6.45, 7) is 7.92. The fourth-order valence-electron chi connectivity index (χ4n) is 4.29. The van der Waals surface area contributed by atoms with Crippen molar-refractivity contribution in [3.05, 3.63) is 11.8 Å². The van der Waals surface area contributed by atoms with Gasteiger partial charge in [0.1, 0.15) is 11.9 Å². The van der Waals surface area contributed by atoms with Crippen LogP contribution < -0.4 is 9.80 Å². The van der Waals surface area contributed by atoms with Crippen LogP contribution in [0.15, 0.2) is 6.07 Å². The van der Waals surface area contributed by atoms with Crippen LogP contribution in [0.5, 0.6) is 0 Å². The Kier molecular flexibility index (Phi) is 4.06. The zero-order valence-electron chi connectivity index (χ0n) is 14.7. The molecule has 3 fully saturated rings. The minimum atomic E-state index is -0.136. The van der Waals surface area contributed by atoms with E-state index in [1.807, 2.05) is 19.9 Å². The van der Waals surface area contributed by atoms with Crippen molar-refractivity contribution in [2.45, 2.75) is 58.0 Å². The number of nitrogens with zero attached hydrogens (tertiary/aromatic N) is 5. The molecule has 0 bridgehead atoms. The Labute approximate surface area is 143 Å². The Bertz CT molecular complexity index is 628. The number of piperazine rings is 1. The molecule has 0 unspecified atom stereocenters. The number of carbonyl (C=O) groups is 1. The topological polar surface area (TPSA) is 52.6 Å². The van der Waals surface area contributed by atoms with E-state index in [4.69, 9.17) is 4.98 Å². The minimum absolute atomic E-state index is 0.136. The zero-order chi connectivity index (χ0) is 16.7. The van der Waals surface area contributed by atoms with Gasteiger partial charge in [-0.2, -0.15) is 4.98 Å². The van der Waals surface area contributed by atoms with Crippen LogP contribution in [0.2, 0.25) is 0 Å². The van der Waals surface area contributed by atoms with Gasteiger partial charge in [0.2, 0.25) is 11.9 Å². The molecule has 4 rings (SSSR count). The molecule has 0 aliphatic carbocycles. The second-order valence-corrected chi connectivity index (χ2v) is 7.37. The third kappa shape index (κ3) is 2.72. The number of piperidine rings is 1. The maximum absolute atomic E-state index is 12.7. The molecule has 2 atom stereocenters. The molecule has 6 heteroatoms. The molecule has 4 heterocycles. The fourth-order valence-corrected chi connectivity index (χ4v) is 4.29. The van der Waals surface area contributed by atoms with Gasteiger partial charge in [-0.1, -0.05) is 0 Å². The first-order chi connectivity index (χ1) is 11.6. The van der Waals surface area contributed by atoms with E-state index < -0.39 is 0 Å². The summed E-state index contributed by atoms with van der Waals surface area (Å²) < 4.78 is 0. The third-order valence-corrected chi connectivity index (χ3v) is 5.65. The van der Waals surface area contributed by atoms with Crippen LogP contribution >= 0.6 is 0 Å². The molecule has 1 amide bonds. The quantitative estimate of drug-likeness (QED) is 0.830. The number of aryl methyl sites for hydroxylation is 1. The molecule has 130 valence electrons. The maximum atomic E-state index is 12.7. The molecule has 6 nitrogen and oxygen atoms in total. The van der Waals surface area contributed by atoms with Gasteiger partial charge in [0, 0.05) is 44.0 Å². The number of carbonyl (C=O) groups excluding carboxylic acids is 1. The SMILES string of the molecule is Cc1cc(N2C[C@H]3CCCN3C(=O)[C@@H]2C)nc(N2CCCCC2)n1. The number of hydrogen-bond donors (Lipinski definition) is 0. The molecule has 0 spiro atoms. The summed E-state index contributed by atoms with van der Waals surface area (Å²) >= 11 is 0. The van der Waals surface area contributed by atoms with Gasteiger partial charge in [-0.3, -0.25) is 4.79 Å². The number of anilines is 2. The Morgan fingerprint density at radius 2 is 1.83 bits per heavy atom. The van der Waals surface area contributed by atoms with E-state index in [2.05, 4.69) is 19.7 Å². The molecule has 3 aliphatic heterocycles. The van der Waals surface area contributed by atoms with Crippen LogP contribution in [0.3, 0.4) is 0 Å². The molecule has 0 saturated carbocycles. The molecule has 3 saturated heterocycles. The highest BCUT2D eigenvalue weighted by Gasteiger charge is 2.40. The molecule has 24 heavy (non-hydrogen) atoms. The molecule has 1 aromatic rings. The molecule has 1 aromatic heterocycles. The van der Waals surface area contributed by atoms with Crippen molar-refractivity contribution in [1.82, 2.24) is 14.9 Å². The van der Waals surface area contributed by atoms with E-state index in [0.717, 1.165) is 56.5 Å². The van der Waals surface area contributed by atoms with Gasteiger partial charge in [0.25, 0.3) is 0 Å². The fraction of sp³-hybridized carbons (Fsp3) is 0.722. The predicted octanol–water partition coefficient (Wildman–Crippen LogP) is 1.97. The number of amides is 1. The molecule has 0 aromatic carbocycles. The van der Waals surface area contributed by atoms with E-state index in [1.165, 1.54) is 19.3 Å². The summed E-state index contributed by atoms with van der Waals surface area (Å²) in [6, 6.07) is 2.24. The molecular formula is C18H27N5O. The van der Waals surface area contributed by atoms with Crippen molar-refractivity contribution in [3.63, 3.8) is 0 Å². The molecular weight excluding hydrogens is 302 g/mol. The van der Waals surface area contributed by atoms with Crippen LogP contribution in [0, 0.1) is 6.92 Å². The van der Waals surface area contributed by atoms with Gasteiger partial charge in [-0.25, -0.2) is 4.98 Å². The van der Waals surface area contributed by atoms with Crippen molar-refractivity contribution in [1.29, 1.82) is 0 Å². The van der Waals surface area contributed by atoms with Crippen molar-refractivity contribution in [2.24, 2.45) is 0 Å². The molecule has 0 N–H and O–H groups in total. The first-order valence-electron chi connectivity index (χ1n) is 9.31. The van der Waals surface area contributed by atoms with Crippen LogP contribution in [0.1, 0.15) is 44.7 Å². The largest absolute Gasteiger partial charge is 0.343 e. The zero-order valence-corrected chi connectivity index (χ0v) is 14.7. The van der Waals surface area contributed by atoms with E-state index in [0.29, 0.717) is 6.04 Å². The first kappa shape index (κ1) is 15.7. The average Bonchev–Trinajstić information content (AvgIpc) is 3.07. The number of aromatic nitrogens is 2. The van der Waals surface area contributed by atoms with Gasteiger partial charge in [-0.15, -0.1) is 0 Å². The second kappa shape index (κ2) is 6.22. The molecule has 0 radical (unpaired) electrons. The summed E-state index contributed by atoms with van der Waals surface area (Å²) in [5, 5.41) is 0. The first-order valence-corrected chi connectivity index (χ1v) is 9.31. The van der Waals surface area contributed by atoms with Gasteiger partial charge >= 0.3 is 0 Å². The van der Waals surface area contributed by atoms with Crippen LogP contribution in [-0.2, 0) is 4.79 Å². The predicted molar refractivity (Wildman–Crippen MR) is 94.4 cm³/mol. The third-order valence-electron chi connectivity index (χ3n) is 5.65. The van der Waals surface area contributed by atoms with Crippen molar-refractivity contribution in [2.75, 3.05) is 36.0 Å². The lowest BCUT2D eigenvalue weighted by Crippen LogP contribution is -2.59. The maximum Gasteiger partial charge on any atom is 0.245 e. The van der Waals surface area contributed by atoms with Crippen LogP contribution in [0.25, 0.3) is 0 Å². The number of fused-ring (bicyclic) bond motifs is 1. The summed E-state index contributed by atoms with van der Waals surface area (Å²) in [5.74, 6) is 1.99. The normalized spacial score (nSPS) is 27.6. The monoisotopic (exact) mass is 329 g/mol. The Hall–Kier alpha value is -1.85. The smallest absolute Gasteiger partial charge is 0.245 e. The van der Waals surface area contributed by atoms with Gasteiger partial charge < -0.3 is 14.7 Å². The Morgan fingerprint density at radius 1 is 1.04 bits per heavy atom. The highest BCUT2D eigenvalue weighted by Crippen LogP contribution is 2.30. The molecule has 3 aliphatic rings. The number of rotatable bonds is 2. The Morgan fingerprint density at radius 3 is 2.62 bits per heavy atom. The van der Waals surface area contributed by atoms with Crippen LogP contribution in [0.4, 0.5) is 11.8 Å². The van der Waals surface area contributed by atoms with E-state index in [-0.39, 0.29) is 11.9 Å². The summed E-state index contributed by atoms with van der Waals surface area (Å²) in [6.07, 6.45) is 5.95. The summed E-state index contributed by atoms with van der Waals surface area (Å²) in [7, 11) is 0. The van der Waals surface area contributed by atoms with Gasteiger partial charge in [0.15, 0.2) is 0 Å². The lowest BCUT2D eigenvalue weighted by atomic mass is 10.1. The standard InChI is InChI=1S/C18H27N5O/c1-13-11-16(20-18(19-13)21-8-4-3-5-9-21)23-12-15-7-6-10-22(15)17(24)14(23)2/h11,14-15H,3-10,12H2,1-2H3/t14-,15+/m0/s1. The van der Waals surface area contributed by atoms with Crippen molar-refractivity contribution >= 4 is 17.7 Å². The van der Waals surface area contributed by atoms with Crippen LogP contribution in [-0.4, -0.2) is 59.0 Å². The van der Waals surface area contributed by atoms with Gasteiger partial charge in [0.05, 0.1) is 0 Å². The van der Waals surface area contributed by atoms with Crippen molar-refractivity contribution < 1.29 is 4.79 Å². The van der Waals surface area contributed by atoms with Gasteiger partial charge in [-0.05, 0) is 46.0 Å². The lowest BCUT2D eigenvalue weighted by Gasteiger charge is -2.42. The van der Waals surface area contributed by atoms with E-state index in [1.54, 1.807) is 0 Å². The van der Waals surface area contributed by atoms with E-state index >= 15 is 0 Å². The second-order valence-electron chi connectivity index (χ2n) is 7.37. The van der Waals surface area contributed by atoms with E-state index in [9.17, 15) is 4.79 Å². The minimum Gasteiger partial charge on any atom is -0.343 e. The lowest BCUT2D eigenvalue weighted by molar-refractivity contribution is -0.134. The summed E-state index contributed by atoms with van der Waals surface area (Å²) in [4.78, 5) is 28.7. The van der Waals surface area contributed by atoms with Crippen molar-refractivity contribution in [3.8, 4) is 0 Å². The number of hydrogen-bond acceptors (Lipinski definition) is 5. The highest BCUT2D eigenvalue weighted by atomic mass is 16.2. The average molecular weight is 329 g/mol. The Balaban J connectivity index is 1.63. The highest BCUT2D eigenvalue weighted by molar-refractivity contribution is 5.86.